The molecule has 0 fully saturated rings. The minimum Gasteiger partial charge on any atom is -0.310 e. The molecule has 29 heavy (non-hydrogen) atoms. The number of hydrogen-bond donors (Lipinski definition) is 0. The fourth-order valence-electron chi connectivity index (χ4n) is 5.54. The van der Waals surface area contributed by atoms with Crippen molar-refractivity contribution in [2.45, 2.75) is 31.6 Å². The first-order valence-electron chi connectivity index (χ1n) is 10.3. The number of aromatic nitrogens is 1. The molecule has 2 aliphatic rings. The van der Waals surface area contributed by atoms with Gasteiger partial charge in [0.25, 0.3) is 0 Å². The van der Waals surface area contributed by atoms with Gasteiger partial charge in [-0.25, -0.2) is 0 Å². The number of para-hydroxylation sites is 1. The number of nitrogens with zero attached hydrogens (tertiary/aromatic N) is 1. The SMILES string of the molecule is CC1(C)C2=Cc3c(c4ccccc4n3-c3ccc(Br)cc3)CC2c2ccccc21. The van der Waals surface area contributed by atoms with Gasteiger partial charge in [-0.1, -0.05) is 77.8 Å². The average Bonchev–Trinajstić information content (AvgIpc) is 3.18. The molecule has 0 amide bonds. The number of rotatable bonds is 1. The van der Waals surface area contributed by atoms with Crippen molar-refractivity contribution in [2.24, 2.45) is 0 Å². The van der Waals surface area contributed by atoms with Gasteiger partial charge in [-0.05, 0) is 59.5 Å². The molecule has 142 valence electrons. The summed E-state index contributed by atoms with van der Waals surface area (Å²) in [6.45, 7) is 4.77. The van der Waals surface area contributed by atoms with E-state index in [9.17, 15) is 0 Å². The molecule has 1 atom stereocenters. The minimum atomic E-state index is 0.0694. The molecule has 3 aromatic carbocycles. The summed E-state index contributed by atoms with van der Waals surface area (Å²) >= 11 is 3.58. The molecule has 2 aliphatic carbocycles. The number of halogens is 1. The molecule has 1 heterocycles. The van der Waals surface area contributed by atoms with Crippen LogP contribution in [0.15, 0.2) is 82.8 Å². The van der Waals surface area contributed by atoms with Crippen LogP contribution in [0.3, 0.4) is 0 Å². The normalized spacial score (nSPS) is 18.9. The van der Waals surface area contributed by atoms with Crippen LogP contribution >= 0.6 is 15.9 Å². The molecule has 1 aromatic heterocycles. The quantitative estimate of drug-likeness (QED) is 0.291. The third-order valence-corrected chi connectivity index (χ3v) is 7.44. The van der Waals surface area contributed by atoms with Crippen molar-refractivity contribution in [1.82, 2.24) is 4.57 Å². The Morgan fingerprint density at radius 2 is 1.62 bits per heavy atom. The average molecular weight is 440 g/mol. The molecule has 0 saturated heterocycles. The van der Waals surface area contributed by atoms with E-state index in [4.69, 9.17) is 0 Å². The second-order valence-electron chi connectivity index (χ2n) is 8.76. The third-order valence-electron chi connectivity index (χ3n) is 6.91. The molecule has 4 aromatic rings. The molecule has 1 nitrogen and oxygen atoms in total. The lowest BCUT2D eigenvalue weighted by Gasteiger charge is -2.28. The molecular weight excluding hydrogens is 418 g/mol. The monoisotopic (exact) mass is 439 g/mol. The van der Waals surface area contributed by atoms with Gasteiger partial charge in [0.15, 0.2) is 0 Å². The van der Waals surface area contributed by atoms with Crippen LogP contribution in [0.4, 0.5) is 0 Å². The van der Waals surface area contributed by atoms with Crippen molar-refractivity contribution in [3.05, 3.63) is 105 Å². The summed E-state index contributed by atoms with van der Waals surface area (Å²) in [5, 5.41) is 1.38. The van der Waals surface area contributed by atoms with Crippen LogP contribution in [0.5, 0.6) is 0 Å². The van der Waals surface area contributed by atoms with E-state index in [-0.39, 0.29) is 5.41 Å². The molecule has 2 heteroatoms. The molecule has 0 N–H and O–H groups in total. The Hall–Kier alpha value is -2.58. The lowest BCUT2D eigenvalue weighted by atomic mass is 9.76. The lowest BCUT2D eigenvalue weighted by Crippen LogP contribution is -2.19. The van der Waals surface area contributed by atoms with Crippen LogP contribution in [0.1, 0.15) is 42.1 Å². The summed E-state index contributed by atoms with van der Waals surface area (Å²) in [5.74, 6) is 0.484. The Kier molecular flexibility index (Phi) is 3.56. The zero-order valence-electron chi connectivity index (χ0n) is 16.6. The zero-order valence-corrected chi connectivity index (χ0v) is 18.2. The van der Waals surface area contributed by atoms with E-state index < -0.39 is 0 Å². The van der Waals surface area contributed by atoms with Crippen LogP contribution in [0.25, 0.3) is 22.7 Å². The number of allylic oxidation sites excluding steroid dienone is 1. The van der Waals surface area contributed by atoms with Crippen LogP contribution in [-0.2, 0) is 11.8 Å². The predicted octanol–water partition coefficient (Wildman–Crippen LogP) is 7.41. The Bertz CT molecular complexity index is 1300. The lowest BCUT2D eigenvalue weighted by molar-refractivity contribution is 0.613. The maximum atomic E-state index is 3.58. The predicted molar refractivity (Wildman–Crippen MR) is 125 cm³/mol. The third kappa shape index (κ3) is 2.33. The van der Waals surface area contributed by atoms with Crippen LogP contribution in [-0.4, -0.2) is 4.57 Å². The Balaban J connectivity index is 1.66. The first-order chi connectivity index (χ1) is 14.1. The Labute approximate surface area is 179 Å². The summed E-state index contributed by atoms with van der Waals surface area (Å²) in [6.07, 6.45) is 3.57. The fourth-order valence-corrected chi connectivity index (χ4v) is 5.81. The summed E-state index contributed by atoms with van der Waals surface area (Å²) in [4.78, 5) is 0. The highest BCUT2D eigenvalue weighted by molar-refractivity contribution is 9.10. The van der Waals surface area contributed by atoms with E-state index in [0.717, 1.165) is 10.9 Å². The highest BCUT2D eigenvalue weighted by Crippen LogP contribution is 2.55. The van der Waals surface area contributed by atoms with Crippen molar-refractivity contribution in [3.8, 4) is 5.69 Å². The molecular formula is C27H22BrN. The van der Waals surface area contributed by atoms with E-state index in [1.807, 2.05) is 0 Å². The van der Waals surface area contributed by atoms with Gasteiger partial charge in [-0.3, -0.25) is 0 Å². The van der Waals surface area contributed by atoms with E-state index in [1.54, 1.807) is 5.57 Å². The summed E-state index contributed by atoms with van der Waals surface area (Å²) < 4.78 is 3.55. The smallest absolute Gasteiger partial charge is 0.0537 e. The van der Waals surface area contributed by atoms with Gasteiger partial charge in [0.2, 0.25) is 0 Å². The maximum Gasteiger partial charge on any atom is 0.0537 e. The van der Waals surface area contributed by atoms with Gasteiger partial charge >= 0.3 is 0 Å². The summed E-state index contributed by atoms with van der Waals surface area (Å²) in [5.41, 5.74) is 9.95. The minimum absolute atomic E-state index is 0.0694. The van der Waals surface area contributed by atoms with Gasteiger partial charge in [-0.2, -0.15) is 0 Å². The van der Waals surface area contributed by atoms with Crippen molar-refractivity contribution < 1.29 is 0 Å². The zero-order chi connectivity index (χ0) is 19.8. The van der Waals surface area contributed by atoms with Crippen molar-refractivity contribution >= 4 is 32.9 Å². The van der Waals surface area contributed by atoms with E-state index >= 15 is 0 Å². The van der Waals surface area contributed by atoms with E-state index in [2.05, 4.69) is 113 Å². The Morgan fingerprint density at radius 1 is 0.897 bits per heavy atom. The van der Waals surface area contributed by atoms with Crippen LogP contribution in [0.2, 0.25) is 0 Å². The van der Waals surface area contributed by atoms with Crippen LogP contribution in [0, 0.1) is 0 Å². The van der Waals surface area contributed by atoms with Crippen molar-refractivity contribution in [1.29, 1.82) is 0 Å². The fraction of sp³-hybridized carbons (Fsp3) is 0.185. The molecule has 0 radical (unpaired) electrons. The van der Waals surface area contributed by atoms with E-state index in [0.29, 0.717) is 5.92 Å². The molecule has 1 unspecified atom stereocenters. The van der Waals surface area contributed by atoms with Gasteiger partial charge in [0, 0.05) is 26.9 Å². The van der Waals surface area contributed by atoms with Gasteiger partial charge < -0.3 is 4.57 Å². The highest BCUT2D eigenvalue weighted by Gasteiger charge is 2.43. The first-order valence-corrected chi connectivity index (χ1v) is 11.0. The van der Waals surface area contributed by atoms with E-state index in [1.165, 1.54) is 39.0 Å². The first kappa shape index (κ1) is 17.3. The summed E-state index contributed by atoms with van der Waals surface area (Å²) in [7, 11) is 0. The van der Waals surface area contributed by atoms with Gasteiger partial charge in [-0.15, -0.1) is 0 Å². The standard InChI is InChI=1S/C27H22BrN/c1-27(2)23-9-5-3-7-19(23)21-15-22-20-8-4-6-10-25(20)29(26(22)16-24(21)27)18-13-11-17(28)12-14-18/h3-14,16,21H,15H2,1-2H3. The maximum absolute atomic E-state index is 3.58. The van der Waals surface area contributed by atoms with Gasteiger partial charge in [0.05, 0.1) is 11.2 Å². The number of fused-ring (bicyclic) bond motifs is 6. The van der Waals surface area contributed by atoms with Crippen molar-refractivity contribution in [2.75, 3.05) is 0 Å². The second kappa shape index (κ2) is 5.96. The van der Waals surface area contributed by atoms with Crippen LogP contribution < -0.4 is 0 Å². The molecule has 0 saturated carbocycles. The molecule has 0 aliphatic heterocycles. The largest absolute Gasteiger partial charge is 0.310 e. The Morgan fingerprint density at radius 3 is 2.45 bits per heavy atom. The highest BCUT2D eigenvalue weighted by atomic mass is 79.9. The van der Waals surface area contributed by atoms with Gasteiger partial charge in [0.1, 0.15) is 0 Å². The molecule has 0 spiro atoms. The number of benzene rings is 3. The summed E-state index contributed by atoms with van der Waals surface area (Å²) in [6, 6.07) is 26.6. The second-order valence-corrected chi connectivity index (χ2v) is 9.68. The molecule has 0 bridgehead atoms. The topological polar surface area (TPSA) is 4.93 Å². The molecule has 6 rings (SSSR count). The van der Waals surface area contributed by atoms with Crippen molar-refractivity contribution in [3.63, 3.8) is 0 Å². The number of hydrogen-bond acceptors (Lipinski definition) is 0.